The second kappa shape index (κ2) is 4.25. The molecule has 1 rings (SSSR count). The van der Waals surface area contributed by atoms with E-state index in [0.29, 0.717) is 16.8 Å². The topological polar surface area (TPSA) is 66.9 Å². The summed E-state index contributed by atoms with van der Waals surface area (Å²) in [5, 5.41) is 8.93. The highest BCUT2D eigenvalue weighted by Crippen LogP contribution is 2.20. The van der Waals surface area contributed by atoms with Crippen molar-refractivity contribution in [3.05, 3.63) is 28.8 Å². The molecule has 0 aliphatic heterocycles. The zero-order valence-corrected chi connectivity index (χ0v) is 9.26. The molecule has 0 aromatic heterocycles. The lowest BCUT2D eigenvalue weighted by Crippen LogP contribution is -2.06. The van der Waals surface area contributed by atoms with Crippen LogP contribution in [0.4, 0.5) is 5.69 Å². The lowest BCUT2D eigenvalue weighted by Gasteiger charge is -2.06. The van der Waals surface area contributed by atoms with E-state index >= 15 is 0 Å². The van der Waals surface area contributed by atoms with E-state index in [9.17, 15) is 4.79 Å². The molecule has 0 amide bonds. The SMILES string of the molecule is Cc1cc(C#N)cc(C(=O)CBr)c1N. The second-order valence-electron chi connectivity index (χ2n) is 2.92. The van der Waals surface area contributed by atoms with Gasteiger partial charge in [0.1, 0.15) is 0 Å². The first-order valence-corrected chi connectivity index (χ1v) is 5.11. The first kappa shape index (κ1) is 10.7. The van der Waals surface area contributed by atoms with Crippen LogP contribution in [0.1, 0.15) is 21.5 Å². The molecule has 2 N–H and O–H groups in total. The number of carbonyl (C=O) groups excluding carboxylic acids is 1. The maximum absolute atomic E-state index is 11.4. The van der Waals surface area contributed by atoms with Crippen LogP contribution in [0.15, 0.2) is 12.1 Å². The van der Waals surface area contributed by atoms with E-state index in [4.69, 9.17) is 11.0 Å². The monoisotopic (exact) mass is 252 g/mol. The standard InChI is InChI=1S/C10H9BrN2O/c1-6-2-7(5-12)3-8(10(6)13)9(14)4-11/h2-3H,4,13H2,1H3. The molecule has 0 saturated heterocycles. The lowest BCUT2D eigenvalue weighted by molar-refractivity contribution is 0.102. The molecule has 0 spiro atoms. The summed E-state index contributed by atoms with van der Waals surface area (Å²) in [6, 6.07) is 5.18. The van der Waals surface area contributed by atoms with Gasteiger partial charge < -0.3 is 5.73 Å². The van der Waals surface area contributed by atoms with Crippen molar-refractivity contribution in [1.82, 2.24) is 0 Å². The molecule has 0 heterocycles. The van der Waals surface area contributed by atoms with Crippen LogP contribution in [0, 0.1) is 18.3 Å². The molecular formula is C10H9BrN2O. The number of nitrogen functional groups attached to an aromatic ring is 1. The highest BCUT2D eigenvalue weighted by Gasteiger charge is 2.11. The summed E-state index contributed by atoms with van der Waals surface area (Å²) in [6.07, 6.45) is 0. The number of nitriles is 1. The van der Waals surface area contributed by atoms with Crippen molar-refractivity contribution in [2.45, 2.75) is 6.92 Å². The summed E-state index contributed by atoms with van der Waals surface area (Å²) in [5.74, 6) is -0.109. The van der Waals surface area contributed by atoms with Crippen LogP contribution in [0.5, 0.6) is 0 Å². The minimum Gasteiger partial charge on any atom is -0.398 e. The van der Waals surface area contributed by atoms with Crippen LogP contribution in [0.3, 0.4) is 0 Å². The molecule has 0 unspecified atom stereocenters. The fourth-order valence-corrected chi connectivity index (χ4v) is 1.47. The van der Waals surface area contributed by atoms with Gasteiger partial charge in [-0.3, -0.25) is 4.79 Å². The molecule has 0 saturated carbocycles. The quantitative estimate of drug-likeness (QED) is 0.498. The Labute approximate surface area is 90.7 Å². The van der Waals surface area contributed by atoms with Gasteiger partial charge >= 0.3 is 0 Å². The van der Waals surface area contributed by atoms with Crippen LogP contribution in [0.2, 0.25) is 0 Å². The largest absolute Gasteiger partial charge is 0.398 e. The maximum atomic E-state index is 11.4. The van der Waals surface area contributed by atoms with Crippen molar-refractivity contribution in [3.8, 4) is 6.07 Å². The number of carbonyl (C=O) groups is 1. The molecule has 0 aliphatic rings. The third kappa shape index (κ3) is 1.94. The molecule has 0 atom stereocenters. The molecule has 1 aromatic rings. The number of hydrogen-bond donors (Lipinski definition) is 1. The average Bonchev–Trinajstić information content (AvgIpc) is 2.20. The fraction of sp³-hybridized carbons (Fsp3) is 0.200. The Morgan fingerprint density at radius 2 is 2.29 bits per heavy atom. The van der Waals surface area contributed by atoms with Crippen LogP contribution in [0.25, 0.3) is 0 Å². The van der Waals surface area contributed by atoms with Crippen molar-refractivity contribution in [2.24, 2.45) is 0 Å². The molecule has 1 aromatic carbocycles. The van der Waals surface area contributed by atoms with Gasteiger partial charge in [0, 0.05) is 11.3 Å². The normalized spacial score (nSPS) is 9.50. The molecule has 0 fully saturated rings. The van der Waals surface area contributed by atoms with E-state index in [1.54, 1.807) is 13.0 Å². The van der Waals surface area contributed by atoms with E-state index in [-0.39, 0.29) is 11.1 Å². The Bertz CT molecular complexity index is 421. The van der Waals surface area contributed by atoms with Gasteiger partial charge in [-0.1, -0.05) is 15.9 Å². The Kier molecular flexibility index (Phi) is 3.26. The van der Waals surface area contributed by atoms with Crippen molar-refractivity contribution < 1.29 is 4.79 Å². The van der Waals surface area contributed by atoms with Crippen LogP contribution >= 0.6 is 15.9 Å². The number of halogens is 1. The number of nitrogens with two attached hydrogens (primary N) is 1. The summed E-state index contributed by atoms with van der Waals surface area (Å²) in [4.78, 5) is 11.4. The van der Waals surface area contributed by atoms with Gasteiger partial charge in [0.25, 0.3) is 0 Å². The Morgan fingerprint density at radius 3 is 2.79 bits per heavy atom. The number of ketones is 1. The van der Waals surface area contributed by atoms with Crippen molar-refractivity contribution >= 4 is 27.4 Å². The number of benzene rings is 1. The summed E-state index contributed by atoms with van der Waals surface area (Å²) >= 11 is 3.07. The second-order valence-corrected chi connectivity index (χ2v) is 3.48. The molecule has 14 heavy (non-hydrogen) atoms. The van der Waals surface area contributed by atoms with E-state index in [1.807, 2.05) is 6.07 Å². The molecule has 0 radical (unpaired) electrons. The molecule has 4 heteroatoms. The van der Waals surface area contributed by atoms with Gasteiger partial charge in [0.05, 0.1) is 17.0 Å². The van der Waals surface area contributed by atoms with E-state index < -0.39 is 0 Å². The van der Waals surface area contributed by atoms with Crippen molar-refractivity contribution in [1.29, 1.82) is 5.26 Å². The van der Waals surface area contributed by atoms with Crippen molar-refractivity contribution in [2.75, 3.05) is 11.1 Å². The predicted octanol–water partition coefficient (Wildman–Crippen LogP) is 2.03. The number of alkyl halides is 1. The number of aryl methyl sites for hydroxylation is 1. The highest BCUT2D eigenvalue weighted by molar-refractivity contribution is 9.09. The zero-order chi connectivity index (χ0) is 10.7. The Hall–Kier alpha value is -1.34. The van der Waals surface area contributed by atoms with Crippen LogP contribution < -0.4 is 5.73 Å². The molecule has 0 bridgehead atoms. The molecular weight excluding hydrogens is 244 g/mol. The fourth-order valence-electron chi connectivity index (χ4n) is 1.17. The summed E-state index contributed by atoms with van der Waals surface area (Å²) < 4.78 is 0. The minimum atomic E-state index is -0.109. The summed E-state index contributed by atoms with van der Waals surface area (Å²) in [6.45, 7) is 1.78. The highest BCUT2D eigenvalue weighted by atomic mass is 79.9. The van der Waals surface area contributed by atoms with Gasteiger partial charge in [-0.25, -0.2) is 0 Å². The van der Waals surface area contributed by atoms with Gasteiger partial charge in [-0.15, -0.1) is 0 Å². The van der Waals surface area contributed by atoms with Gasteiger partial charge in [-0.2, -0.15) is 5.26 Å². The smallest absolute Gasteiger partial charge is 0.175 e. The third-order valence-electron chi connectivity index (χ3n) is 1.94. The average molecular weight is 253 g/mol. The number of anilines is 1. The number of Topliss-reactive ketones (excluding diaryl/α,β-unsaturated/α-hetero) is 1. The van der Waals surface area contributed by atoms with E-state index in [0.717, 1.165) is 5.56 Å². The first-order valence-electron chi connectivity index (χ1n) is 3.99. The van der Waals surface area contributed by atoms with Gasteiger partial charge in [0.2, 0.25) is 0 Å². The first-order chi connectivity index (χ1) is 6.60. The third-order valence-corrected chi connectivity index (χ3v) is 2.45. The molecule has 3 nitrogen and oxygen atoms in total. The maximum Gasteiger partial charge on any atom is 0.175 e. The van der Waals surface area contributed by atoms with E-state index in [1.165, 1.54) is 6.07 Å². The zero-order valence-electron chi connectivity index (χ0n) is 7.67. The van der Waals surface area contributed by atoms with Gasteiger partial charge in [-0.05, 0) is 24.6 Å². The lowest BCUT2D eigenvalue weighted by atomic mass is 10.0. The predicted molar refractivity (Wildman–Crippen MR) is 58.4 cm³/mol. The number of hydrogen-bond acceptors (Lipinski definition) is 3. The Balaban J connectivity index is 3.36. The molecule has 72 valence electrons. The summed E-state index contributed by atoms with van der Waals surface area (Å²) in [5.41, 5.74) is 7.82. The number of nitrogens with zero attached hydrogens (tertiary/aromatic N) is 1. The minimum absolute atomic E-state index is 0.109. The van der Waals surface area contributed by atoms with Crippen LogP contribution in [-0.4, -0.2) is 11.1 Å². The summed E-state index contributed by atoms with van der Waals surface area (Å²) in [7, 11) is 0. The Morgan fingerprint density at radius 1 is 1.64 bits per heavy atom. The van der Waals surface area contributed by atoms with Crippen LogP contribution in [-0.2, 0) is 0 Å². The van der Waals surface area contributed by atoms with Crippen molar-refractivity contribution in [3.63, 3.8) is 0 Å². The van der Waals surface area contributed by atoms with E-state index in [2.05, 4.69) is 15.9 Å². The molecule has 0 aliphatic carbocycles. The number of rotatable bonds is 2. The van der Waals surface area contributed by atoms with Gasteiger partial charge in [0.15, 0.2) is 5.78 Å².